The Morgan fingerprint density at radius 3 is 1.87 bits per heavy atom. The van der Waals surface area contributed by atoms with Crippen LogP contribution in [0.1, 0.15) is 13.3 Å². The van der Waals surface area contributed by atoms with Crippen LogP contribution in [0.4, 0.5) is 0 Å². The molecule has 0 aromatic heterocycles. The van der Waals surface area contributed by atoms with Crippen LogP contribution in [0.25, 0.3) is 0 Å². The minimum Gasteiger partial charge on any atom is -0.394 e. The number of hydrogen-bond donors (Lipinski definition) is 5. The predicted molar refractivity (Wildman–Crippen MR) is 79.9 cm³/mol. The molecule has 0 radical (unpaired) electrons. The first-order valence-corrected chi connectivity index (χ1v) is 8.73. The van der Waals surface area contributed by atoms with Crippen molar-refractivity contribution in [3.05, 3.63) is 0 Å². The molecule has 0 saturated carbocycles. The van der Waals surface area contributed by atoms with Gasteiger partial charge in [0.1, 0.15) is 18.3 Å². The molecule has 0 heterocycles. The van der Waals surface area contributed by atoms with Crippen molar-refractivity contribution in [2.45, 2.75) is 37.8 Å². The van der Waals surface area contributed by atoms with E-state index in [2.05, 4.69) is 0 Å². The topological polar surface area (TPSA) is 149 Å². The molecule has 138 valence electrons. The third-order valence-corrected chi connectivity index (χ3v) is 5.98. The molecule has 5 N–H and O–H groups in total. The van der Waals surface area contributed by atoms with Gasteiger partial charge in [0.15, 0.2) is 6.10 Å². The first kappa shape index (κ1) is 22.4. The summed E-state index contributed by atoms with van der Waals surface area (Å²) in [4.78, 5) is 12.5. The van der Waals surface area contributed by atoms with Crippen molar-refractivity contribution in [3.8, 4) is 0 Å². The average molecular weight is 357 g/mol. The number of nitrogens with zero attached hydrogens (tertiary/aromatic N) is 1. The van der Waals surface area contributed by atoms with Crippen molar-refractivity contribution >= 4 is 14.9 Å². The smallest absolute Gasteiger partial charge is 0.394 e. The average Bonchev–Trinajstić information content (AvgIpc) is 2.59. The Kier molecular flexibility index (Phi) is 9.99. The third kappa shape index (κ3) is 5.17. The van der Waals surface area contributed by atoms with Crippen LogP contribution in [0.5, 0.6) is 0 Å². The van der Waals surface area contributed by atoms with E-state index in [-0.39, 0.29) is 6.54 Å². The Labute approximate surface area is 136 Å². The summed E-state index contributed by atoms with van der Waals surface area (Å²) in [6.45, 7) is 1.04. The van der Waals surface area contributed by atoms with Gasteiger partial charge in [0.25, 0.3) is 5.91 Å². The van der Waals surface area contributed by atoms with Crippen LogP contribution in [0.2, 0.25) is 0 Å². The lowest BCUT2D eigenvalue weighted by atomic mass is 10.0. The van der Waals surface area contributed by atoms with Gasteiger partial charge in [0.2, 0.25) is 0 Å². The van der Waals surface area contributed by atoms with E-state index in [0.717, 1.165) is 4.57 Å². The zero-order valence-electron chi connectivity index (χ0n) is 13.7. The molecular weight excluding hydrogens is 330 g/mol. The quantitative estimate of drug-likeness (QED) is 0.244. The molecule has 0 aliphatic rings. The summed E-state index contributed by atoms with van der Waals surface area (Å²) in [5.41, 5.74) is 0. The zero-order valence-corrected chi connectivity index (χ0v) is 14.7. The molecule has 11 heteroatoms. The van der Waals surface area contributed by atoms with E-state index in [1.165, 1.54) is 21.3 Å². The fourth-order valence-corrected chi connectivity index (χ4v) is 4.08. The van der Waals surface area contributed by atoms with Crippen molar-refractivity contribution in [1.29, 1.82) is 0 Å². The number of carbonyl (C=O) groups excluding carboxylic acids is 1. The largest absolute Gasteiger partial charge is 0.635 e. The molecule has 1 amide bonds. The molecule has 0 bridgehead atoms. The summed E-state index contributed by atoms with van der Waals surface area (Å²) in [5, 5.41) is 47.5. The van der Waals surface area contributed by atoms with Crippen LogP contribution >= 0.6 is 0 Å². The Balaban J connectivity index is 5.38. The SMILES string of the molecule is CCCN(C(=O)[C@H](O)[C@@H](O)[C@H](O)[C@H](O)CO)[Si](OC)(OC)OC. The van der Waals surface area contributed by atoms with Crippen molar-refractivity contribution in [2.75, 3.05) is 34.5 Å². The van der Waals surface area contributed by atoms with Crippen molar-refractivity contribution < 1.29 is 43.6 Å². The summed E-state index contributed by atoms with van der Waals surface area (Å²) in [6, 6.07) is 0. The van der Waals surface area contributed by atoms with Crippen LogP contribution in [0, 0.1) is 0 Å². The van der Waals surface area contributed by atoms with E-state index < -0.39 is 45.9 Å². The van der Waals surface area contributed by atoms with E-state index in [1.54, 1.807) is 6.92 Å². The zero-order chi connectivity index (χ0) is 18.2. The maximum atomic E-state index is 12.5. The third-order valence-electron chi connectivity index (χ3n) is 3.33. The Morgan fingerprint density at radius 1 is 1.04 bits per heavy atom. The van der Waals surface area contributed by atoms with Crippen LogP contribution in [-0.2, 0) is 18.1 Å². The fourth-order valence-electron chi connectivity index (χ4n) is 2.01. The number of rotatable bonds is 11. The summed E-state index contributed by atoms with van der Waals surface area (Å²) in [5.74, 6) is -0.985. The van der Waals surface area contributed by atoms with Crippen molar-refractivity contribution in [3.63, 3.8) is 0 Å². The van der Waals surface area contributed by atoms with Gasteiger partial charge >= 0.3 is 8.97 Å². The highest BCUT2D eigenvalue weighted by molar-refractivity contribution is 6.60. The van der Waals surface area contributed by atoms with E-state index in [0.29, 0.717) is 6.42 Å². The standard InChI is InChI=1S/C12H27NO9Si/c1-5-6-13(23(20-2,21-3)22-4)12(19)11(18)10(17)9(16)8(15)7-14/h8-11,14-18H,5-7H2,1-4H3/t8-,9-,10+,11-/m1/s1. The second kappa shape index (κ2) is 10.3. The fraction of sp³-hybridized carbons (Fsp3) is 0.917. The van der Waals surface area contributed by atoms with Crippen LogP contribution < -0.4 is 0 Å². The van der Waals surface area contributed by atoms with E-state index >= 15 is 0 Å². The molecule has 0 fully saturated rings. The molecule has 10 nitrogen and oxygen atoms in total. The molecule has 0 aromatic rings. The maximum absolute atomic E-state index is 12.5. The van der Waals surface area contributed by atoms with E-state index in [9.17, 15) is 25.2 Å². The molecule has 0 aliphatic carbocycles. The monoisotopic (exact) mass is 357 g/mol. The van der Waals surface area contributed by atoms with Gasteiger partial charge in [-0.15, -0.1) is 0 Å². The Bertz CT molecular complexity index is 347. The maximum Gasteiger partial charge on any atom is 0.635 e. The van der Waals surface area contributed by atoms with Crippen LogP contribution in [-0.4, -0.2) is 104 Å². The van der Waals surface area contributed by atoms with Crippen molar-refractivity contribution in [2.24, 2.45) is 0 Å². The van der Waals surface area contributed by atoms with Gasteiger partial charge in [-0.1, -0.05) is 6.92 Å². The van der Waals surface area contributed by atoms with Gasteiger partial charge in [-0.05, 0) is 6.42 Å². The first-order chi connectivity index (χ1) is 10.8. The number of amides is 1. The molecule has 0 saturated heterocycles. The summed E-state index contributed by atoms with van der Waals surface area (Å²) in [6.07, 6.45) is -7.21. The molecule has 0 aliphatic heterocycles. The molecule has 23 heavy (non-hydrogen) atoms. The molecule has 0 rings (SSSR count). The molecule has 0 unspecified atom stereocenters. The second-order valence-corrected chi connectivity index (χ2v) is 7.61. The lowest BCUT2D eigenvalue weighted by Crippen LogP contribution is -2.65. The van der Waals surface area contributed by atoms with Gasteiger partial charge in [-0.2, -0.15) is 0 Å². The van der Waals surface area contributed by atoms with Gasteiger partial charge in [0, 0.05) is 27.9 Å². The molecular formula is C12H27NO9Si. The van der Waals surface area contributed by atoms with E-state index in [1.807, 2.05) is 0 Å². The Morgan fingerprint density at radius 2 is 1.52 bits per heavy atom. The first-order valence-electron chi connectivity index (χ1n) is 7.06. The highest BCUT2D eigenvalue weighted by Gasteiger charge is 2.52. The normalized spacial score (nSPS) is 17.4. The Hall–Kier alpha value is -0.633. The lowest BCUT2D eigenvalue weighted by Gasteiger charge is -2.37. The highest BCUT2D eigenvalue weighted by Crippen LogP contribution is 2.17. The van der Waals surface area contributed by atoms with Gasteiger partial charge in [-0.25, -0.2) is 0 Å². The molecule has 4 atom stereocenters. The number of aliphatic hydroxyl groups excluding tert-OH is 5. The lowest BCUT2D eigenvalue weighted by molar-refractivity contribution is -0.157. The summed E-state index contributed by atoms with van der Waals surface area (Å²) >= 11 is 0. The van der Waals surface area contributed by atoms with E-state index in [4.69, 9.17) is 18.4 Å². The summed E-state index contributed by atoms with van der Waals surface area (Å²) in [7, 11) is 0.250. The van der Waals surface area contributed by atoms with Crippen LogP contribution in [0.15, 0.2) is 0 Å². The number of carbonyl (C=O) groups is 1. The summed E-state index contributed by atoms with van der Waals surface area (Å²) < 4.78 is 16.6. The minimum absolute atomic E-state index is 0.114. The van der Waals surface area contributed by atoms with Crippen LogP contribution in [0.3, 0.4) is 0 Å². The predicted octanol–water partition coefficient (Wildman–Crippen LogP) is -2.96. The van der Waals surface area contributed by atoms with Crippen molar-refractivity contribution in [1.82, 2.24) is 4.57 Å². The molecule has 0 spiro atoms. The number of aliphatic hydroxyl groups is 5. The van der Waals surface area contributed by atoms with Gasteiger partial charge < -0.3 is 38.8 Å². The molecule has 0 aromatic carbocycles. The second-order valence-electron chi connectivity index (χ2n) is 4.80. The van der Waals surface area contributed by atoms with Gasteiger partial charge in [0.05, 0.1) is 6.61 Å². The minimum atomic E-state index is -3.59. The van der Waals surface area contributed by atoms with Gasteiger partial charge in [-0.3, -0.25) is 9.36 Å². The highest BCUT2D eigenvalue weighted by atomic mass is 28.4. The number of hydrogen-bond acceptors (Lipinski definition) is 9.